The molecule has 40 heavy (non-hydrogen) atoms. The number of amides is 1. The Bertz CT molecular complexity index is 1600. The number of benzene rings is 1. The van der Waals surface area contributed by atoms with Gasteiger partial charge in [-0.3, -0.25) is 14.8 Å². The van der Waals surface area contributed by atoms with Crippen molar-refractivity contribution in [3.63, 3.8) is 0 Å². The number of pyridine rings is 1. The first-order valence-corrected chi connectivity index (χ1v) is 13.7. The monoisotopic (exact) mass is 537 g/mol. The van der Waals surface area contributed by atoms with Crippen LogP contribution in [0.3, 0.4) is 0 Å². The van der Waals surface area contributed by atoms with Crippen molar-refractivity contribution >= 4 is 45.8 Å². The number of aromatic amines is 1. The van der Waals surface area contributed by atoms with E-state index in [0.29, 0.717) is 52.6 Å². The molecule has 2 N–H and O–H groups in total. The van der Waals surface area contributed by atoms with Crippen LogP contribution in [-0.2, 0) is 4.79 Å². The topological polar surface area (TPSA) is 136 Å². The van der Waals surface area contributed by atoms with Crippen molar-refractivity contribution in [2.75, 3.05) is 21.7 Å². The van der Waals surface area contributed by atoms with E-state index < -0.39 is 6.04 Å². The number of carbonyl (C=O) groups excluding carboxylic acids is 1. The van der Waals surface area contributed by atoms with Gasteiger partial charge in [0.2, 0.25) is 5.95 Å². The molecule has 0 bridgehead atoms. The molecular weight excluding hydrogens is 506 g/mol. The van der Waals surface area contributed by atoms with E-state index in [2.05, 4.69) is 43.4 Å². The molecule has 1 fully saturated rings. The molecule has 1 amide bonds. The number of nitrogens with zero attached hydrogens (tertiary/aromatic N) is 7. The average Bonchev–Trinajstić information content (AvgIpc) is 3.43. The molecule has 204 valence electrons. The molecule has 1 atom stereocenters. The van der Waals surface area contributed by atoms with E-state index in [9.17, 15) is 10.1 Å². The van der Waals surface area contributed by atoms with Gasteiger partial charge in [-0.25, -0.2) is 9.97 Å². The molecule has 0 spiro atoms. The second kappa shape index (κ2) is 10.4. The highest BCUT2D eigenvalue weighted by atomic mass is 16.5. The first-order chi connectivity index (χ1) is 19.5. The Kier molecular flexibility index (Phi) is 6.67. The number of carbonyl (C=O) groups is 1. The predicted octanol–water partition coefficient (Wildman–Crippen LogP) is 5.21. The Morgan fingerprint density at radius 3 is 2.73 bits per heavy atom. The van der Waals surface area contributed by atoms with Crippen LogP contribution in [0.5, 0.6) is 5.75 Å². The SMILES string of the molecule is CCOc1ccc(N2C(=O)[C@@H](C)N(C3CCC(C)CC3)c3nc(Nc4cnc5[nH]ncc5c4)ncc32)cc1C#N. The van der Waals surface area contributed by atoms with Crippen LogP contribution in [-0.4, -0.2) is 49.7 Å². The fraction of sp³-hybridized carbons (Fsp3) is 0.379. The lowest BCUT2D eigenvalue weighted by Crippen LogP contribution is -2.55. The lowest BCUT2D eigenvalue weighted by molar-refractivity contribution is -0.119. The molecule has 0 unspecified atom stereocenters. The van der Waals surface area contributed by atoms with Gasteiger partial charge in [-0.2, -0.15) is 15.3 Å². The summed E-state index contributed by atoms with van der Waals surface area (Å²) in [5.74, 6) is 2.17. The average molecular weight is 538 g/mol. The number of ether oxygens (including phenoxy) is 1. The summed E-state index contributed by atoms with van der Waals surface area (Å²) in [5, 5.41) is 20.8. The normalized spacial score (nSPS) is 20.8. The van der Waals surface area contributed by atoms with Crippen LogP contribution in [0.25, 0.3) is 11.0 Å². The standard InChI is InChI=1S/C29H31N9O2/c1-4-40-25-10-9-23(12-19(25)13-30)38-24-16-32-29(34-21-11-20-14-33-36-26(20)31-15-21)35-27(24)37(18(3)28(38)39)22-7-5-17(2)6-8-22/h9-12,14-18,22H,4-8H2,1-3H3,(H,31,33,36)(H,32,34,35)/t17?,18-,22?/m1/s1. The third-order valence-electron chi connectivity index (χ3n) is 7.80. The third-order valence-corrected chi connectivity index (χ3v) is 7.80. The van der Waals surface area contributed by atoms with Gasteiger partial charge >= 0.3 is 0 Å². The first-order valence-electron chi connectivity index (χ1n) is 13.7. The van der Waals surface area contributed by atoms with Crippen molar-refractivity contribution in [1.82, 2.24) is 25.1 Å². The maximum absolute atomic E-state index is 14.0. The zero-order chi connectivity index (χ0) is 27.8. The van der Waals surface area contributed by atoms with Crippen LogP contribution in [0.2, 0.25) is 0 Å². The van der Waals surface area contributed by atoms with Gasteiger partial charge < -0.3 is 15.0 Å². The quantitative estimate of drug-likeness (QED) is 0.339. The summed E-state index contributed by atoms with van der Waals surface area (Å²) in [6.07, 6.45) is 9.30. The fourth-order valence-corrected chi connectivity index (χ4v) is 5.72. The van der Waals surface area contributed by atoms with Crippen LogP contribution >= 0.6 is 0 Å². The Morgan fingerprint density at radius 1 is 1.12 bits per heavy atom. The summed E-state index contributed by atoms with van der Waals surface area (Å²) >= 11 is 0. The van der Waals surface area contributed by atoms with Crippen molar-refractivity contribution in [2.24, 2.45) is 5.92 Å². The largest absolute Gasteiger partial charge is 0.492 e. The maximum atomic E-state index is 14.0. The second-order valence-electron chi connectivity index (χ2n) is 10.5. The lowest BCUT2D eigenvalue weighted by atomic mass is 9.85. The Balaban J connectivity index is 1.43. The molecule has 0 radical (unpaired) electrons. The Hall–Kier alpha value is -4.72. The molecule has 1 aliphatic heterocycles. The van der Waals surface area contributed by atoms with E-state index in [0.717, 1.165) is 36.8 Å². The molecule has 11 heteroatoms. The van der Waals surface area contributed by atoms with Gasteiger partial charge in [0.25, 0.3) is 5.91 Å². The smallest absolute Gasteiger partial charge is 0.254 e. The summed E-state index contributed by atoms with van der Waals surface area (Å²) in [5.41, 5.74) is 2.96. The van der Waals surface area contributed by atoms with E-state index in [1.54, 1.807) is 41.7 Å². The van der Waals surface area contributed by atoms with Gasteiger partial charge in [0.1, 0.15) is 23.5 Å². The van der Waals surface area contributed by atoms with Gasteiger partial charge in [-0.1, -0.05) is 6.92 Å². The molecule has 6 rings (SSSR count). The highest BCUT2D eigenvalue weighted by molar-refractivity contribution is 6.10. The Labute approximate surface area is 232 Å². The van der Waals surface area contributed by atoms with Crippen LogP contribution in [0.15, 0.2) is 42.9 Å². The van der Waals surface area contributed by atoms with E-state index in [1.807, 2.05) is 19.9 Å². The minimum absolute atomic E-state index is 0.0851. The van der Waals surface area contributed by atoms with Gasteiger partial charge in [-0.15, -0.1) is 0 Å². The van der Waals surface area contributed by atoms with E-state index in [4.69, 9.17) is 9.72 Å². The third kappa shape index (κ3) is 4.55. The number of hydrogen-bond donors (Lipinski definition) is 2. The minimum atomic E-state index is -0.449. The van der Waals surface area contributed by atoms with E-state index >= 15 is 0 Å². The number of fused-ring (bicyclic) bond motifs is 2. The summed E-state index contributed by atoms with van der Waals surface area (Å²) in [6, 6.07) is 9.09. The summed E-state index contributed by atoms with van der Waals surface area (Å²) < 4.78 is 5.61. The molecule has 11 nitrogen and oxygen atoms in total. The molecule has 1 aromatic carbocycles. The number of nitrogens with one attached hydrogen (secondary N) is 2. The fourth-order valence-electron chi connectivity index (χ4n) is 5.72. The minimum Gasteiger partial charge on any atom is -0.492 e. The number of rotatable bonds is 6. The number of H-pyrrole nitrogens is 1. The number of aromatic nitrogens is 5. The predicted molar refractivity (Wildman–Crippen MR) is 152 cm³/mol. The lowest BCUT2D eigenvalue weighted by Gasteiger charge is -2.46. The summed E-state index contributed by atoms with van der Waals surface area (Å²) in [6.45, 7) is 6.53. The molecule has 4 aromatic rings. The Morgan fingerprint density at radius 2 is 1.95 bits per heavy atom. The summed E-state index contributed by atoms with van der Waals surface area (Å²) in [4.78, 5) is 31.7. The van der Waals surface area contributed by atoms with Gasteiger partial charge in [-0.05, 0) is 69.7 Å². The van der Waals surface area contributed by atoms with Crippen molar-refractivity contribution in [2.45, 2.75) is 58.5 Å². The molecule has 2 aliphatic rings. The number of nitriles is 1. The van der Waals surface area contributed by atoms with Crippen molar-refractivity contribution in [1.29, 1.82) is 5.26 Å². The summed E-state index contributed by atoms with van der Waals surface area (Å²) in [7, 11) is 0. The number of anilines is 5. The van der Waals surface area contributed by atoms with E-state index in [-0.39, 0.29) is 11.9 Å². The highest BCUT2D eigenvalue weighted by Crippen LogP contribution is 2.43. The van der Waals surface area contributed by atoms with Crippen LogP contribution < -0.4 is 19.9 Å². The highest BCUT2D eigenvalue weighted by Gasteiger charge is 2.42. The van der Waals surface area contributed by atoms with Gasteiger partial charge in [0.15, 0.2) is 11.5 Å². The molecule has 1 aliphatic carbocycles. The molecule has 1 saturated carbocycles. The van der Waals surface area contributed by atoms with Gasteiger partial charge in [0, 0.05) is 11.4 Å². The second-order valence-corrected chi connectivity index (χ2v) is 10.5. The van der Waals surface area contributed by atoms with Crippen LogP contribution in [0.1, 0.15) is 52.0 Å². The van der Waals surface area contributed by atoms with Crippen LogP contribution in [0.4, 0.5) is 28.8 Å². The molecule has 3 aromatic heterocycles. The first kappa shape index (κ1) is 25.6. The van der Waals surface area contributed by atoms with Gasteiger partial charge in [0.05, 0.1) is 42.1 Å². The van der Waals surface area contributed by atoms with Crippen molar-refractivity contribution < 1.29 is 9.53 Å². The molecule has 4 heterocycles. The van der Waals surface area contributed by atoms with E-state index in [1.165, 1.54) is 0 Å². The maximum Gasteiger partial charge on any atom is 0.254 e. The zero-order valence-corrected chi connectivity index (χ0v) is 22.8. The molecular formula is C29H31N9O2. The number of hydrogen-bond acceptors (Lipinski definition) is 9. The van der Waals surface area contributed by atoms with Crippen LogP contribution in [0, 0.1) is 17.2 Å². The van der Waals surface area contributed by atoms with Crippen molar-refractivity contribution in [3.8, 4) is 11.8 Å². The van der Waals surface area contributed by atoms with Crippen molar-refractivity contribution in [3.05, 3.63) is 48.4 Å². The molecule has 0 saturated heterocycles. The zero-order valence-electron chi connectivity index (χ0n) is 22.8.